The van der Waals surface area contributed by atoms with Gasteiger partial charge in [0.2, 0.25) is 17.7 Å². The van der Waals surface area contributed by atoms with Gasteiger partial charge in [-0.2, -0.15) is 18.3 Å². The van der Waals surface area contributed by atoms with E-state index in [-0.39, 0.29) is 104 Å². The Morgan fingerprint density at radius 2 is 1.68 bits per heavy atom. The number of rotatable bonds is 12. The molecule has 382 valence electrons. The molecule has 2 bridgehead atoms. The normalized spacial score (nSPS) is 19.3. The lowest BCUT2D eigenvalue weighted by molar-refractivity contribution is -0.137. The zero-order valence-electron chi connectivity index (χ0n) is 39.7. The summed E-state index contributed by atoms with van der Waals surface area (Å²) in [6, 6.07) is 10.7. The van der Waals surface area contributed by atoms with E-state index in [2.05, 4.69) is 36.2 Å². The summed E-state index contributed by atoms with van der Waals surface area (Å²) in [7, 11) is 0. The monoisotopic (exact) mass is 1010 g/mol. The molecule has 20 nitrogen and oxygen atoms in total. The van der Waals surface area contributed by atoms with Gasteiger partial charge >= 0.3 is 12.2 Å². The van der Waals surface area contributed by atoms with Crippen molar-refractivity contribution in [2.45, 2.75) is 75.7 Å². The van der Waals surface area contributed by atoms with Crippen LogP contribution in [0.4, 0.5) is 35.4 Å². The van der Waals surface area contributed by atoms with Gasteiger partial charge in [-0.15, -0.1) is 0 Å². The zero-order valence-corrected chi connectivity index (χ0v) is 39.7. The Kier molecular flexibility index (Phi) is 14.9. The van der Waals surface area contributed by atoms with E-state index in [1.54, 1.807) is 52.4 Å². The number of hydrogen-bond donors (Lipinski definition) is 5. The van der Waals surface area contributed by atoms with Gasteiger partial charge in [-0.25, -0.2) is 19.7 Å². The Morgan fingerprint density at radius 3 is 2.45 bits per heavy atom. The summed E-state index contributed by atoms with van der Waals surface area (Å²) < 4.78 is 47.5. The summed E-state index contributed by atoms with van der Waals surface area (Å²) in [5.74, 6) is -1.07. The average molecular weight is 1010 g/mol. The number of fused-ring (bicyclic) bond motifs is 3. The lowest BCUT2D eigenvalue weighted by Gasteiger charge is -2.46. The van der Waals surface area contributed by atoms with Crippen LogP contribution in [-0.2, 0) is 25.3 Å². The van der Waals surface area contributed by atoms with Crippen molar-refractivity contribution in [3.05, 3.63) is 95.5 Å². The minimum absolute atomic E-state index is 0.0213. The first-order valence-electron chi connectivity index (χ1n) is 24.2. The Hall–Kier alpha value is -7.95. The molecule has 1 saturated carbocycles. The van der Waals surface area contributed by atoms with Gasteiger partial charge in [-0.1, -0.05) is 24.3 Å². The molecular weight excluding hydrogens is 952 g/mol. The van der Waals surface area contributed by atoms with Gasteiger partial charge in [0, 0.05) is 80.5 Å². The number of anilines is 3. The highest BCUT2D eigenvalue weighted by molar-refractivity contribution is 6.06. The molecule has 2 atom stereocenters. The van der Waals surface area contributed by atoms with E-state index in [9.17, 15) is 41.9 Å². The maximum atomic E-state index is 13.6. The number of aromatic nitrogens is 5. The van der Waals surface area contributed by atoms with Crippen molar-refractivity contribution in [3.63, 3.8) is 0 Å². The number of nitrogens with two attached hydrogens (primary N) is 1. The maximum absolute atomic E-state index is 13.6. The second kappa shape index (κ2) is 21.8. The van der Waals surface area contributed by atoms with E-state index in [4.69, 9.17) is 15.6 Å². The lowest BCUT2D eigenvalue weighted by Crippen LogP contribution is -2.65. The summed E-state index contributed by atoms with van der Waals surface area (Å²) >= 11 is 0. The Labute approximate surface area is 416 Å². The number of halogens is 3. The third kappa shape index (κ3) is 11.7. The Balaban J connectivity index is 0.786. The minimum atomic E-state index is -4.60. The van der Waals surface area contributed by atoms with E-state index in [0.29, 0.717) is 73.5 Å². The van der Waals surface area contributed by atoms with Crippen LogP contribution in [0.2, 0.25) is 0 Å². The molecule has 0 spiro atoms. The highest BCUT2D eigenvalue weighted by atomic mass is 19.4. The molecule has 0 radical (unpaired) electrons. The maximum Gasteiger partial charge on any atom is 0.416 e. The van der Waals surface area contributed by atoms with Crippen molar-refractivity contribution in [1.29, 1.82) is 0 Å². The number of nitrogens with one attached hydrogen (secondary N) is 4. The van der Waals surface area contributed by atoms with Crippen LogP contribution in [0.15, 0.2) is 73.2 Å². The number of nitrogen functional groups attached to an aromatic ring is 1. The van der Waals surface area contributed by atoms with Crippen LogP contribution in [0.5, 0.6) is 0 Å². The Morgan fingerprint density at radius 1 is 0.877 bits per heavy atom. The molecule has 5 aromatic rings. The molecule has 3 aliphatic heterocycles. The third-order valence-corrected chi connectivity index (χ3v) is 13.4. The number of hydrogen-bond acceptors (Lipinski definition) is 13. The van der Waals surface area contributed by atoms with Crippen molar-refractivity contribution >= 4 is 70.0 Å². The van der Waals surface area contributed by atoms with E-state index >= 15 is 0 Å². The van der Waals surface area contributed by atoms with Crippen molar-refractivity contribution in [3.8, 4) is 11.3 Å². The number of imide groups is 1. The van der Waals surface area contributed by atoms with E-state index in [0.717, 1.165) is 48.7 Å². The fourth-order valence-corrected chi connectivity index (χ4v) is 9.55. The van der Waals surface area contributed by atoms with Crippen LogP contribution < -0.4 is 31.9 Å². The second-order valence-electron chi connectivity index (χ2n) is 18.4. The number of nitrogens with zero attached hydrogens (tertiary/aromatic N) is 8. The first kappa shape index (κ1) is 50.0. The molecule has 1 aliphatic carbocycles. The molecule has 4 aromatic heterocycles. The second-order valence-corrected chi connectivity index (χ2v) is 18.4. The van der Waals surface area contributed by atoms with E-state index in [1.807, 2.05) is 21.7 Å². The molecule has 2 saturated heterocycles. The Bertz CT molecular complexity index is 2920. The smallest absolute Gasteiger partial charge is 0.383 e. The average Bonchev–Trinajstić information content (AvgIpc) is 3.77. The van der Waals surface area contributed by atoms with Crippen molar-refractivity contribution in [1.82, 2.24) is 50.5 Å². The number of carbonyl (C=O) groups excluding carboxylic acids is 6. The van der Waals surface area contributed by atoms with Crippen LogP contribution >= 0.6 is 0 Å². The molecule has 9 rings (SSSR count). The molecule has 1 aromatic carbocycles. The number of alkyl halides is 3. The molecule has 73 heavy (non-hydrogen) atoms. The summed E-state index contributed by atoms with van der Waals surface area (Å²) in [4.78, 5) is 94.6. The largest absolute Gasteiger partial charge is 0.416 e. The van der Waals surface area contributed by atoms with Crippen molar-refractivity contribution in [2.24, 2.45) is 0 Å². The number of amides is 7. The van der Waals surface area contributed by atoms with Crippen LogP contribution in [0.3, 0.4) is 0 Å². The number of ether oxygens (including phenoxy) is 1. The number of pyridine rings is 3. The molecular formula is C50H54F3N13O7. The van der Waals surface area contributed by atoms with Gasteiger partial charge < -0.3 is 41.1 Å². The number of benzene rings is 1. The fourth-order valence-electron chi connectivity index (χ4n) is 9.55. The zero-order chi connectivity index (χ0) is 51.2. The van der Waals surface area contributed by atoms with Gasteiger partial charge in [0.25, 0.3) is 11.8 Å². The molecule has 6 N–H and O–H groups in total. The summed E-state index contributed by atoms with van der Waals surface area (Å²) in [5.41, 5.74) is 8.90. The van der Waals surface area contributed by atoms with Gasteiger partial charge in [0.15, 0.2) is 0 Å². The highest BCUT2D eigenvalue weighted by Crippen LogP contribution is 2.39. The van der Waals surface area contributed by atoms with E-state index < -0.39 is 17.6 Å². The van der Waals surface area contributed by atoms with Crippen LogP contribution in [-0.4, -0.2) is 135 Å². The van der Waals surface area contributed by atoms with Gasteiger partial charge in [0.05, 0.1) is 60.3 Å². The van der Waals surface area contributed by atoms with Gasteiger partial charge in [-0.3, -0.25) is 34.0 Å². The predicted octanol–water partition coefficient (Wildman–Crippen LogP) is 4.94. The predicted molar refractivity (Wildman–Crippen MR) is 262 cm³/mol. The molecule has 0 unspecified atom stereocenters. The van der Waals surface area contributed by atoms with Gasteiger partial charge in [0.1, 0.15) is 23.1 Å². The van der Waals surface area contributed by atoms with Gasteiger partial charge in [-0.05, 0) is 74.9 Å². The minimum Gasteiger partial charge on any atom is -0.383 e. The molecule has 7 amide bonds. The van der Waals surface area contributed by atoms with Crippen molar-refractivity contribution < 1.29 is 46.7 Å². The molecule has 3 fully saturated rings. The number of carbonyl (C=O) groups is 6. The third-order valence-electron chi connectivity index (χ3n) is 13.4. The quantitative estimate of drug-likeness (QED) is 0.104. The van der Waals surface area contributed by atoms with E-state index in [1.165, 1.54) is 6.20 Å². The highest BCUT2D eigenvalue weighted by Gasteiger charge is 2.38. The standard InChI is InChI=1S/C50H54F3N13O7/c51-50(52,53)34-14-17-55-38(23-34)60-48(71)31-10-8-30(9-11-31)44-43-45-32(25-58-46(43)54)5-2-1-3-19-63(29-41(68)59-35-6-4-7-36(24-35)66(45)62-44)42(69)16-21-73-22-18-56-47(70)33-12-13-39(57-26-33)64-27-37(28-64)65-20-15-40(67)61-49(65)72/h2,5,8-14,17,23,25-26,35-37H,1,3-4,6-7,15-16,18-22,24,27-29H2,(H2,54,58)(H,56,70)(H,59,68)(H,55,60,71)(H,61,67,72)/b5-2+/t35-,36-/m1/s1. The summed E-state index contributed by atoms with van der Waals surface area (Å²) in [6.45, 7) is 2.18. The number of urea groups is 1. The van der Waals surface area contributed by atoms with Crippen LogP contribution in [0, 0.1) is 0 Å². The number of allylic oxidation sites excluding steroid dienone is 1. The summed E-state index contributed by atoms with van der Waals surface area (Å²) in [6.07, 6.45) is 7.79. The summed E-state index contributed by atoms with van der Waals surface area (Å²) in [5, 5.41) is 16.5. The molecule has 23 heteroatoms. The lowest BCUT2D eigenvalue weighted by atomic mass is 9.90. The van der Waals surface area contributed by atoms with Crippen LogP contribution in [0.25, 0.3) is 28.2 Å². The van der Waals surface area contributed by atoms with Crippen molar-refractivity contribution in [2.75, 3.05) is 68.4 Å². The first-order chi connectivity index (χ1) is 35.2. The molecule has 7 heterocycles. The first-order valence-corrected chi connectivity index (χ1v) is 24.2. The fraction of sp³-hybridized carbons (Fsp3) is 0.400. The van der Waals surface area contributed by atoms with Crippen LogP contribution in [0.1, 0.15) is 89.3 Å². The topological polar surface area (TPSA) is 252 Å². The SMILES string of the molecule is Nc1ncc2c3c1c(-c1ccc(C(=O)Nc4cc(C(F)(F)F)ccn4)cc1)nn3[C@@H]1CCC[C@H](C1)NC(=O)CN(C(=O)CCOCCNC(=O)c1ccc(N3CC(N4CCC(=O)NC4=O)C3)nc1)CCC/C=C/2. The molecule has 4 aliphatic rings.